The maximum absolute atomic E-state index is 14.0. The summed E-state index contributed by atoms with van der Waals surface area (Å²) >= 11 is 3.43. The Labute approximate surface area is 244 Å². The number of sulfonamides is 1. The lowest BCUT2D eigenvalue weighted by molar-refractivity contribution is -0.139. The highest BCUT2D eigenvalue weighted by Crippen LogP contribution is 2.26. The summed E-state index contributed by atoms with van der Waals surface area (Å²) in [5, 5.41) is 3.08. The predicted octanol–water partition coefficient (Wildman–Crippen LogP) is 5.13. The van der Waals surface area contributed by atoms with Crippen molar-refractivity contribution in [2.75, 3.05) is 18.0 Å². The molecule has 0 heterocycles. The second kappa shape index (κ2) is 13.3. The molecule has 0 radical (unpaired) electrons. The Kier molecular flexibility index (Phi) is 9.86. The van der Waals surface area contributed by atoms with Crippen molar-refractivity contribution in [1.29, 1.82) is 0 Å². The molecule has 0 aromatic heterocycles. The zero-order chi connectivity index (χ0) is 28.7. The first-order valence-electron chi connectivity index (χ1n) is 13.2. The molecule has 0 spiro atoms. The Morgan fingerprint density at radius 3 is 2.20 bits per heavy atom. The van der Waals surface area contributed by atoms with Gasteiger partial charge >= 0.3 is 0 Å². The predicted molar refractivity (Wildman–Crippen MR) is 159 cm³/mol. The van der Waals surface area contributed by atoms with Crippen molar-refractivity contribution < 1.29 is 22.7 Å². The Hall–Kier alpha value is -3.37. The average Bonchev–Trinajstić information content (AvgIpc) is 3.48. The highest BCUT2D eigenvalue weighted by Gasteiger charge is 2.33. The summed E-state index contributed by atoms with van der Waals surface area (Å²) < 4.78 is 34.9. The van der Waals surface area contributed by atoms with Crippen LogP contribution < -0.4 is 14.4 Å². The van der Waals surface area contributed by atoms with E-state index in [9.17, 15) is 18.0 Å². The smallest absolute Gasteiger partial charge is 0.264 e. The fraction of sp³-hybridized carbons (Fsp3) is 0.333. The molecule has 2 amide bonds. The second-order valence-corrected chi connectivity index (χ2v) is 12.6. The number of hydrogen-bond acceptors (Lipinski definition) is 5. The van der Waals surface area contributed by atoms with Crippen molar-refractivity contribution in [3.63, 3.8) is 0 Å². The molecule has 10 heteroatoms. The van der Waals surface area contributed by atoms with Gasteiger partial charge in [0.1, 0.15) is 18.3 Å². The van der Waals surface area contributed by atoms with Gasteiger partial charge in [-0.05, 0) is 73.9 Å². The van der Waals surface area contributed by atoms with Crippen LogP contribution in [-0.4, -0.2) is 50.9 Å². The van der Waals surface area contributed by atoms with Crippen LogP contribution in [0.5, 0.6) is 5.75 Å². The fourth-order valence-corrected chi connectivity index (χ4v) is 6.44. The third kappa shape index (κ3) is 7.22. The molecule has 212 valence electrons. The summed E-state index contributed by atoms with van der Waals surface area (Å²) in [5.74, 6) is -0.219. The number of anilines is 1. The van der Waals surface area contributed by atoms with Crippen LogP contribution in [0.15, 0.2) is 88.2 Å². The first kappa shape index (κ1) is 29.6. The largest absolute Gasteiger partial charge is 0.497 e. The molecule has 8 nitrogen and oxygen atoms in total. The number of rotatable bonds is 11. The van der Waals surface area contributed by atoms with Crippen LogP contribution in [0.2, 0.25) is 0 Å². The molecule has 0 bridgehead atoms. The van der Waals surface area contributed by atoms with Gasteiger partial charge in [0.15, 0.2) is 0 Å². The van der Waals surface area contributed by atoms with Gasteiger partial charge in [-0.15, -0.1) is 0 Å². The van der Waals surface area contributed by atoms with E-state index in [1.54, 1.807) is 49.4 Å². The highest BCUT2D eigenvalue weighted by atomic mass is 79.9. The van der Waals surface area contributed by atoms with Gasteiger partial charge in [0.05, 0.1) is 17.7 Å². The van der Waals surface area contributed by atoms with Crippen molar-refractivity contribution in [2.45, 2.75) is 56.1 Å². The zero-order valence-electron chi connectivity index (χ0n) is 22.6. The standard InChI is InChI=1S/C30H34BrN3O5S/c1-22(30(36)32-25-8-6-7-9-25)33(20-23-12-14-24(31)15-13-23)29(35)21-34(26-10-4-3-5-11-26)40(37,38)28-18-16-27(39-2)17-19-28/h3-5,10-19,22,25H,6-9,20-21H2,1-2H3,(H,32,36)/t22-/m0/s1. The highest BCUT2D eigenvalue weighted by molar-refractivity contribution is 9.10. The number of ether oxygens (including phenoxy) is 1. The number of methoxy groups -OCH3 is 1. The van der Waals surface area contributed by atoms with Gasteiger partial charge in [-0.25, -0.2) is 8.42 Å². The normalized spacial score (nSPS) is 14.4. The Morgan fingerprint density at radius 1 is 0.975 bits per heavy atom. The number of halogens is 1. The molecule has 3 aromatic carbocycles. The van der Waals surface area contributed by atoms with E-state index in [0.717, 1.165) is 40.0 Å². The summed E-state index contributed by atoms with van der Waals surface area (Å²) in [5.41, 5.74) is 1.17. The van der Waals surface area contributed by atoms with E-state index in [1.165, 1.54) is 24.1 Å². The summed E-state index contributed by atoms with van der Waals surface area (Å²) in [6.45, 7) is 1.36. The van der Waals surface area contributed by atoms with Crippen molar-refractivity contribution in [3.8, 4) is 5.75 Å². The van der Waals surface area contributed by atoms with Crippen LogP contribution in [0.4, 0.5) is 5.69 Å². The molecule has 1 aliphatic carbocycles. The van der Waals surface area contributed by atoms with E-state index in [0.29, 0.717) is 11.4 Å². The first-order valence-corrected chi connectivity index (χ1v) is 15.5. The van der Waals surface area contributed by atoms with Crippen molar-refractivity contribution in [2.24, 2.45) is 0 Å². The zero-order valence-corrected chi connectivity index (χ0v) is 25.0. The van der Waals surface area contributed by atoms with Gasteiger partial charge in [0.25, 0.3) is 10.0 Å². The molecule has 1 fully saturated rings. The fourth-order valence-electron chi connectivity index (χ4n) is 4.76. The van der Waals surface area contributed by atoms with Crippen LogP contribution in [0, 0.1) is 0 Å². The number of amides is 2. The second-order valence-electron chi connectivity index (χ2n) is 9.84. The minimum absolute atomic E-state index is 0.0245. The molecule has 1 aliphatic rings. The summed E-state index contributed by atoms with van der Waals surface area (Å²) in [6, 6.07) is 21.3. The Bertz CT molecular complexity index is 1390. The molecule has 40 heavy (non-hydrogen) atoms. The quantitative estimate of drug-likeness (QED) is 0.318. The van der Waals surface area contributed by atoms with E-state index in [-0.39, 0.29) is 23.4 Å². The molecule has 4 rings (SSSR count). The Morgan fingerprint density at radius 2 is 1.60 bits per heavy atom. The number of benzene rings is 3. The SMILES string of the molecule is COc1ccc(S(=O)(=O)N(CC(=O)N(Cc2ccc(Br)cc2)[C@@H](C)C(=O)NC2CCCC2)c2ccccc2)cc1. The minimum Gasteiger partial charge on any atom is -0.497 e. The minimum atomic E-state index is -4.13. The Balaban J connectivity index is 1.66. The first-order chi connectivity index (χ1) is 19.2. The lowest BCUT2D eigenvalue weighted by Crippen LogP contribution is -2.52. The van der Waals surface area contributed by atoms with Crippen molar-refractivity contribution in [1.82, 2.24) is 10.2 Å². The van der Waals surface area contributed by atoms with E-state index in [1.807, 2.05) is 24.3 Å². The molecule has 1 saturated carbocycles. The number of carbonyl (C=O) groups excluding carboxylic acids is 2. The monoisotopic (exact) mass is 627 g/mol. The summed E-state index contributed by atoms with van der Waals surface area (Å²) in [7, 11) is -2.62. The number of carbonyl (C=O) groups is 2. The number of hydrogen-bond donors (Lipinski definition) is 1. The van der Waals surface area contributed by atoms with Crippen LogP contribution in [0.1, 0.15) is 38.2 Å². The van der Waals surface area contributed by atoms with E-state index < -0.39 is 28.5 Å². The topological polar surface area (TPSA) is 96.0 Å². The van der Waals surface area contributed by atoms with Gasteiger partial charge < -0.3 is 15.0 Å². The van der Waals surface area contributed by atoms with Gasteiger partial charge in [-0.3, -0.25) is 13.9 Å². The molecular formula is C30H34BrN3O5S. The lowest BCUT2D eigenvalue weighted by Gasteiger charge is -2.32. The molecule has 0 aliphatic heterocycles. The maximum Gasteiger partial charge on any atom is 0.264 e. The molecule has 3 aromatic rings. The van der Waals surface area contributed by atoms with Gasteiger partial charge in [-0.2, -0.15) is 0 Å². The summed E-state index contributed by atoms with van der Waals surface area (Å²) in [4.78, 5) is 28.7. The number of nitrogens with one attached hydrogen (secondary N) is 1. The third-order valence-electron chi connectivity index (χ3n) is 7.11. The van der Waals surface area contributed by atoms with Crippen LogP contribution >= 0.6 is 15.9 Å². The van der Waals surface area contributed by atoms with Gasteiger partial charge in [-0.1, -0.05) is 59.1 Å². The number of para-hydroxylation sites is 1. The molecular weight excluding hydrogens is 594 g/mol. The van der Waals surface area contributed by atoms with Crippen molar-refractivity contribution >= 4 is 43.5 Å². The third-order valence-corrected chi connectivity index (χ3v) is 9.42. The van der Waals surface area contributed by atoms with E-state index in [4.69, 9.17) is 4.74 Å². The van der Waals surface area contributed by atoms with Gasteiger partial charge in [0, 0.05) is 17.1 Å². The molecule has 0 unspecified atom stereocenters. The lowest BCUT2D eigenvalue weighted by atomic mass is 10.1. The van der Waals surface area contributed by atoms with Crippen LogP contribution in [-0.2, 0) is 26.2 Å². The van der Waals surface area contributed by atoms with Crippen molar-refractivity contribution in [3.05, 3.63) is 88.9 Å². The van der Waals surface area contributed by atoms with Gasteiger partial charge in [0.2, 0.25) is 11.8 Å². The molecule has 0 saturated heterocycles. The van der Waals surface area contributed by atoms with Crippen LogP contribution in [0.3, 0.4) is 0 Å². The number of nitrogens with zero attached hydrogens (tertiary/aromatic N) is 2. The molecule has 1 N–H and O–H groups in total. The average molecular weight is 629 g/mol. The maximum atomic E-state index is 14.0. The molecule has 1 atom stereocenters. The van der Waals surface area contributed by atoms with E-state index >= 15 is 0 Å². The van der Waals surface area contributed by atoms with Crippen LogP contribution in [0.25, 0.3) is 0 Å². The summed E-state index contributed by atoms with van der Waals surface area (Å²) in [6.07, 6.45) is 3.97. The van der Waals surface area contributed by atoms with E-state index in [2.05, 4.69) is 21.2 Å².